The Labute approximate surface area is 379 Å². The van der Waals surface area contributed by atoms with Gasteiger partial charge in [0.25, 0.3) is 0 Å². The standard InChI is InChI=1S/C50H74O14/c1-27-13-12-16-34-26-57-47-42(51)30(4)21-37(50(34,47)54)48(53)60-36-22-35(63-49(25-36)20-19-29(3)45(64-49)33-14-10-9-11-15-33)18-17-28(2)44(27)61-41-24-39(56-8)46(32(6)59-41)62-40-23-38(55-7)43(52)31(5)58-40/h12-13,16-17,19-21,27,29,31-33,35-47,51-52,54H,9-11,14-15,18,22-26H2,1-8H3/b13-12+,28-17+,34-16?/t27-,29-,31-,32-,35+,36-,37-,38-,39-,40-,41-,42+,43-,44-,45-,46-,47+,49+,50+/m0/s1. The van der Waals surface area contributed by atoms with Crippen LogP contribution < -0.4 is 0 Å². The Balaban J connectivity index is 1.08. The fourth-order valence-electron chi connectivity index (χ4n) is 11.7. The molecule has 64 heavy (non-hydrogen) atoms. The number of aliphatic hydroxyl groups is 3. The predicted octanol–water partition coefficient (Wildman–Crippen LogP) is 5.91. The van der Waals surface area contributed by atoms with Gasteiger partial charge >= 0.3 is 5.97 Å². The van der Waals surface area contributed by atoms with Crippen molar-refractivity contribution in [3.8, 4) is 0 Å². The smallest absolute Gasteiger partial charge is 0.316 e. The van der Waals surface area contributed by atoms with E-state index in [1.54, 1.807) is 40.2 Å². The number of aliphatic hydroxyl groups excluding tert-OH is 2. The van der Waals surface area contributed by atoms with Gasteiger partial charge in [-0.05, 0) is 75.7 Å². The van der Waals surface area contributed by atoms with Gasteiger partial charge in [0.1, 0.15) is 42.0 Å². The maximum atomic E-state index is 14.4. The second kappa shape index (κ2) is 20.1. The van der Waals surface area contributed by atoms with Gasteiger partial charge in [-0.1, -0.05) is 69.6 Å². The number of ether oxygens (including phenoxy) is 10. The van der Waals surface area contributed by atoms with E-state index in [2.05, 4.69) is 32.9 Å². The molecule has 6 heterocycles. The molecule has 2 aliphatic carbocycles. The SMILES string of the molecule is CO[C@H]1C[C@H](O[C@H]2[C@H](C)O[C@@H](O[C@@H]3/C(C)=C/C[C@@H]4C[C@@H](C[C@]5(C=C[C@H](C)[C@@H](C6CCCCC6)O5)O4)OC(=O)[C@@H]4C=C(C)[C@@H](O)[C@H]5OCC(=C/C=C/[C@@H]3C)[C@]54O)C[C@@H]2OC)O[C@@H](C)[C@@H]1O. The minimum atomic E-state index is -1.83. The van der Waals surface area contributed by atoms with Crippen LogP contribution in [0.1, 0.15) is 106 Å². The maximum Gasteiger partial charge on any atom is 0.316 e. The molecule has 8 rings (SSSR count). The largest absolute Gasteiger partial charge is 0.462 e. The summed E-state index contributed by atoms with van der Waals surface area (Å²) in [4.78, 5) is 14.4. The Kier molecular flexibility index (Phi) is 15.1. The van der Waals surface area contributed by atoms with E-state index in [4.69, 9.17) is 47.4 Å². The van der Waals surface area contributed by atoms with Crippen molar-refractivity contribution in [1.29, 1.82) is 0 Å². The van der Waals surface area contributed by atoms with E-state index in [0.29, 0.717) is 49.2 Å². The molecule has 0 radical (unpaired) electrons. The predicted molar refractivity (Wildman–Crippen MR) is 234 cm³/mol. The Morgan fingerprint density at radius 2 is 1.53 bits per heavy atom. The normalized spacial score (nSPS) is 48.4. The van der Waals surface area contributed by atoms with Crippen LogP contribution in [-0.4, -0.2) is 139 Å². The van der Waals surface area contributed by atoms with E-state index in [9.17, 15) is 20.1 Å². The van der Waals surface area contributed by atoms with Gasteiger partial charge in [0, 0.05) is 51.7 Å². The summed E-state index contributed by atoms with van der Waals surface area (Å²) in [6.45, 7) is 11.9. The second-order valence-corrected chi connectivity index (χ2v) is 20.0. The first-order valence-corrected chi connectivity index (χ1v) is 24.0. The summed E-state index contributed by atoms with van der Waals surface area (Å²) < 4.78 is 64.1. The van der Waals surface area contributed by atoms with Crippen molar-refractivity contribution in [2.24, 2.45) is 23.7 Å². The van der Waals surface area contributed by atoms with Gasteiger partial charge in [-0.25, -0.2) is 0 Å². The number of hydrogen-bond donors (Lipinski definition) is 3. The Hall–Kier alpha value is -2.31. The van der Waals surface area contributed by atoms with E-state index in [1.807, 2.05) is 25.2 Å². The Morgan fingerprint density at radius 1 is 0.812 bits per heavy atom. The molecule has 8 aliphatic rings. The molecule has 3 N–H and O–H groups in total. The molecule has 0 aromatic rings. The van der Waals surface area contributed by atoms with Crippen LogP contribution in [0.25, 0.3) is 0 Å². The van der Waals surface area contributed by atoms with Gasteiger partial charge in [0.2, 0.25) is 0 Å². The second-order valence-electron chi connectivity index (χ2n) is 20.0. The molecular weight excluding hydrogens is 825 g/mol. The molecule has 14 nitrogen and oxygen atoms in total. The minimum absolute atomic E-state index is 0.0242. The number of hydrogen-bond acceptors (Lipinski definition) is 14. The topological polar surface area (TPSA) is 170 Å². The van der Waals surface area contributed by atoms with Crippen molar-refractivity contribution in [2.75, 3.05) is 20.8 Å². The van der Waals surface area contributed by atoms with Crippen molar-refractivity contribution in [3.05, 3.63) is 59.3 Å². The zero-order valence-corrected chi connectivity index (χ0v) is 39.0. The number of rotatable bonds is 7. The number of fused-ring (bicyclic) bond motifs is 2. The highest BCUT2D eigenvalue weighted by atomic mass is 16.7. The lowest BCUT2D eigenvalue weighted by Gasteiger charge is -2.49. The van der Waals surface area contributed by atoms with E-state index < -0.39 is 90.8 Å². The lowest BCUT2D eigenvalue weighted by Crippen LogP contribution is -2.58. The van der Waals surface area contributed by atoms with Gasteiger partial charge < -0.3 is 62.7 Å². The van der Waals surface area contributed by atoms with Gasteiger partial charge in [-0.2, -0.15) is 0 Å². The van der Waals surface area contributed by atoms with Gasteiger partial charge in [-0.3, -0.25) is 4.79 Å². The van der Waals surface area contributed by atoms with Crippen molar-refractivity contribution in [2.45, 2.75) is 203 Å². The first-order chi connectivity index (χ1) is 30.6. The molecule has 0 aromatic heterocycles. The summed E-state index contributed by atoms with van der Waals surface area (Å²) in [7, 11) is 3.23. The lowest BCUT2D eigenvalue weighted by molar-refractivity contribution is -0.318. The van der Waals surface area contributed by atoms with Crippen LogP contribution in [0.4, 0.5) is 0 Å². The van der Waals surface area contributed by atoms with Crippen LogP contribution in [0.3, 0.4) is 0 Å². The highest BCUT2D eigenvalue weighted by molar-refractivity contribution is 5.78. The quantitative estimate of drug-likeness (QED) is 0.204. The molecule has 0 aromatic carbocycles. The maximum absolute atomic E-state index is 14.4. The van der Waals surface area contributed by atoms with Crippen LogP contribution in [-0.2, 0) is 52.2 Å². The molecule has 4 saturated heterocycles. The molecule has 1 saturated carbocycles. The van der Waals surface area contributed by atoms with Crippen LogP contribution >= 0.6 is 0 Å². The van der Waals surface area contributed by atoms with E-state index in [0.717, 1.165) is 18.4 Å². The Bertz CT molecular complexity index is 1790. The molecule has 0 amide bonds. The summed E-state index contributed by atoms with van der Waals surface area (Å²) in [5.74, 6) is -2.32. The number of allylic oxidation sites excluding steroid dienone is 2. The Morgan fingerprint density at radius 3 is 2.28 bits per heavy atom. The third kappa shape index (κ3) is 9.82. The summed E-state index contributed by atoms with van der Waals surface area (Å²) in [5.41, 5.74) is 0.166. The molecule has 358 valence electrons. The highest BCUT2D eigenvalue weighted by Crippen LogP contribution is 2.48. The van der Waals surface area contributed by atoms with Crippen molar-refractivity contribution >= 4 is 5.97 Å². The number of methoxy groups -OCH3 is 2. The van der Waals surface area contributed by atoms with Crippen LogP contribution in [0.2, 0.25) is 0 Å². The summed E-state index contributed by atoms with van der Waals surface area (Å²) >= 11 is 0. The third-order valence-electron chi connectivity index (χ3n) is 15.4. The minimum Gasteiger partial charge on any atom is -0.462 e. The fourth-order valence-corrected chi connectivity index (χ4v) is 11.7. The molecule has 2 bridgehead atoms. The van der Waals surface area contributed by atoms with Crippen molar-refractivity contribution < 1.29 is 67.5 Å². The monoisotopic (exact) mass is 899 g/mol. The van der Waals surface area contributed by atoms with E-state index >= 15 is 0 Å². The van der Waals surface area contributed by atoms with E-state index in [1.165, 1.54) is 19.3 Å². The van der Waals surface area contributed by atoms with Gasteiger partial charge in [0.15, 0.2) is 18.4 Å². The first kappa shape index (κ1) is 48.2. The molecule has 14 heteroatoms. The molecule has 0 unspecified atom stereocenters. The average molecular weight is 899 g/mol. The summed E-state index contributed by atoms with van der Waals surface area (Å²) in [6.07, 6.45) is 13.8. The zero-order chi connectivity index (χ0) is 45.5. The summed E-state index contributed by atoms with van der Waals surface area (Å²) in [5, 5.41) is 34.3. The molecule has 6 aliphatic heterocycles. The highest BCUT2D eigenvalue weighted by Gasteiger charge is 2.60. The van der Waals surface area contributed by atoms with Gasteiger partial charge in [0.05, 0.1) is 49.3 Å². The fraction of sp³-hybridized carbons (Fsp3) is 0.780. The van der Waals surface area contributed by atoms with Crippen molar-refractivity contribution in [1.82, 2.24) is 0 Å². The number of carbonyl (C=O) groups is 1. The molecule has 1 spiro atoms. The number of esters is 1. The number of carbonyl (C=O) groups excluding carboxylic acids is 1. The van der Waals surface area contributed by atoms with Gasteiger partial charge in [-0.15, -0.1) is 0 Å². The molecule has 19 atom stereocenters. The third-order valence-corrected chi connectivity index (χ3v) is 15.4. The molecule has 5 fully saturated rings. The van der Waals surface area contributed by atoms with Crippen LogP contribution in [0, 0.1) is 23.7 Å². The van der Waals surface area contributed by atoms with Crippen molar-refractivity contribution in [3.63, 3.8) is 0 Å². The lowest BCUT2D eigenvalue weighted by atomic mass is 9.71. The summed E-state index contributed by atoms with van der Waals surface area (Å²) in [6, 6.07) is 0. The molecular formula is C50H74O14. The zero-order valence-electron chi connectivity index (χ0n) is 39.0. The average Bonchev–Trinajstić information content (AvgIpc) is 3.62. The first-order valence-electron chi connectivity index (χ1n) is 24.0. The van der Waals surface area contributed by atoms with Crippen LogP contribution in [0.5, 0.6) is 0 Å². The van der Waals surface area contributed by atoms with Crippen LogP contribution in [0.15, 0.2) is 59.3 Å². The van der Waals surface area contributed by atoms with E-state index in [-0.39, 0.29) is 36.8 Å².